The van der Waals surface area contributed by atoms with E-state index in [1.807, 2.05) is 24.3 Å². The molecule has 6 heteroatoms. The van der Waals surface area contributed by atoms with Gasteiger partial charge < -0.3 is 19.2 Å². The molecule has 1 saturated heterocycles. The molecule has 1 fully saturated rings. The van der Waals surface area contributed by atoms with Crippen molar-refractivity contribution >= 4 is 11.9 Å². The number of aromatic carboxylic acids is 1. The first-order chi connectivity index (χ1) is 12.1. The number of carbonyl (C=O) groups excluding carboxylic acids is 1. The fraction of sp³-hybridized carbons (Fsp3) is 0.368. The van der Waals surface area contributed by atoms with E-state index in [2.05, 4.69) is 0 Å². The molecule has 6 nitrogen and oxygen atoms in total. The van der Waals surface area contributed by atoms with Gasteiger partial charge in [-0.3, -0.25) is 4.79 Å². The molecule has 3 rings (SSSR count). The quantitative estimate of drug-likeness (QED) is 0.898. The van der Waals surface area contributed by atoms with E-state index in [4.69, 9.17) is 9.15 Å². The first-order valence-corrected chi connectivity index (χ1v) is 8.36. The molecule has 2 heterocycles. The Labute approximate surface area is 146 Å². The third kappa shape index (κ3) is 3.12. The van der Waals surface area contributed by atoms with Crippen molar-refractivity contribution in [3.8, 4) is 5.75 Å². The number of methoxy groups -OCH3 is 1. The molecular weight excluding hydrogens is 322 g/mol. The van der Waals surface area contributed by atoms with Crippen LogP contribution in [0.3, 0.4) is 0 Å². The van der Waals surface area contributed by atoms with Crippen LogP contribution in [0.2, 0.25) is 0 Å². The number of likely N-dealkylation sites (tertiary alicyclic amines) is 1. The zero-order valence-corrected chi connectivity index (χ0v) is 14.3. The second kappa shape index (κ2) is 7.01. The summed E-state index contributed by atoms with van der Waals surface area (Å²) >= 11 is 0. The van der Waals surface area contributed by atoms with Gasteiger partial charge in [-0.1, -0.05) is 25.1 Å². The lowest BCUT2D eigenvalue weighted by Gasteiger charge is -2.25. The number of nitrogens with zero attached hydrogens (tertiary/aromatic N) is 1. The van der Waals surface area contributed by atoms with E-state index in [0.717, 1.165) is 24.2 Å². The molecule has 2 aromatic rings. The van der Waals surface area contributed by atoms with Crippen LogP contribution in [0, 0.1) is 0 Å². The second-order valence-electron chi connectivity index (χ2n) is 6.00. The maximum atomic E-state index is 12.9. The molecule has 1 aliphatic heterocycles. The van der Waals surface area contributed by atoms with E-state index in [0.29, 0.717) is 18.7 Å². The van der Waals surface area contributed by atoms with Gasteiger partial charge >= 0.3 is 5.97 Å². The van der Waals surface area contributed by atoms with E-state index in [9.17, 15) is 14.7 Å². The Morgan fingerprint density at radius 2 is 2.12 bits per heavy atom. The molecule has 0 aliphatic carbocycles. The van der Waals surface area contributed by atoms with Gasteiger partial charge in [0.15, 0.2) is 5.76 Å². The summed E-state index contributed by atoms with van der Waals surface area (Å²) in [4.78, 5) is 26.0. The molecule has 1 atom stereocenters. The Hall–Kier alpha value is -2.76. The first-order valence-electron chi connectivity index (χ1n) is 8.36. The number of carbonyl (C=O) groups is 2. The van der Waals surface area contributed by atoms with Crippen LogP contribution in [-0.2, 0) is 6.42 Å². The molecule has 1 aromatic carbocycles. The summed E-state index contributed by atoms with van der Waals surface area (Å²) in [5.74, 6) is -0.218. The number of amides is 1. The molecular formula is C19H21NO5. The highest BCUT2D eigenvalue weighted by Gasteiger charge is 2.34. The van der Waals surface area contributed by atoms with E-state index >= 15 is 0 Å². The highest BCUT2D eigenvalue weighted by Crippen LogP contribution is 2.38. The third-order valence-electron chi connectivity index (χ3n) is 4.58. The highest BCUT2D eigenvalue weighted by atomic mass is 16.5. The number of para-hydroxylation sites is 1. The number of carboxylic acids is 1. The van der Waals surface area contributed by atoms with Crippen molar-refractivity contribution in [3.05, 3.63) is 53.0 Å². The van der Waals surface area contributed by atoms with Gasteiger partial charge in [0.25, 0.3) is 5.91 Å². The van der Waals surface area contributed by atoms with Gasteiger partial charge in [0.1, 0.15) is 17.1 Å². The smallest absolute Gasteiger partial charge is 0.339 e. The third-order valence-corrected chi connectivity index (χ3v) is 4.58. The van der Waals surface area contributed by atoms with Crippen LogP contribution in [-0.4, -0.2) is 35.5 Å². The number of carboxylic acid groups (broad SMARTS) is 1. The van der Waals surface area contributed by atoms with Crippen molar-refractivity contribution in [1.82, 2.24) is 4.90 Å². The van der Waals surface area contributed by atoms with Crippen molar-refractivity contribution in [1.29, 1.82) is 0 Å². The zero-order chi connectivity index (χ0) is 18.0. The number of ether oxygens (including phenoxy) is 1. The number of rotatable bonds is 5. The zero-order valence-electron chi connectivity index (χ0n) is 14.3. The van der Waals surface area contributed by atoms with Gasteiger partial charge in [-0.05, 0) is 18.9 Å². The van der Waals surface area contributed by atoms with Crippen LogP contribution in [0.5, 0.6) is 5.75 Å². The summed E-state index contributed by atoms with van der Waals surface area (Å²) in [6, 6.07) is 8.87. The lowest BCUT2D eigenvalue weighted by molar-refractivity contribution is 0.0686. The van der Waals surface area contributed by atoms with Gasteiger partial charge in [0, 0.05) is 24.6 Å². The van der Waals surface area contributed by atoms with Crippen LogP contribution in [0.15, 0.2) is 34.7 Å². The van der Waals surface area contributed by atoms with Crippen molar-refractivity contribution in [2.24, 2.45) is 0 Å². The van der Waals surface area contributed by atoms with E-state index in [1.165, 1.54) is 6.07 Å². The highest BCUT2D eigenvalue weighted by molar-refractivity contribution is 5.96. The number of hydrogen-bond donors (Lipinski definition) is 1. The molecule has 0 radical (unpaired) electrons. The van der Waals surface area contributed by atoms with Crippen molar-refractivity contribution in [3.63, 3.8) is 0 Å². The standard InChI is InChI=1S/C19H21NO5/c1-3-15-13(19(22)23)11-17(25-15)18(21)20-10-6-8-14(20)12-7-4-5-9-16(12)24-2/h4-5,7,9,11,14H,3,6,8,10H2,1-2H3,(H,22,23). The molecule has 0 bridgehead atoms. The fourth-order valence-corrected chi connectivity index (χ4v) is 3.39. The molecule has 1 unspecified atom stereocenters. The number of hydrogen-bond acceptors (Lipinski definition) is 4. The maximum absolute atomic E-state index is 12.9. The molecule has 1 N–H and O–H groups in total. The molecule has 0 spiro atoms. The number of aryl methyl sites for hydroxylation is 1. The van der Waals surface area contributed by atoms with Gasteiger partial charge in [-0.2, -0.15) is 0 Å². The minimum Gasteiger partial charge on any atom is -0.496 e. The SMILES string of the molecule is CCc1oc(C(=O)N2CCCC2c2ccccc2OC)cc1C(=O)O. The lowest BCUT2D eigenvalue weighted by atomic mass is 10.0. The predicted molar refractivity (Wildman–Crippen MR) is 91.1 cm³/mol. The van der Waals surface area contributed by atoms with Gasteiger partial charge in [-0.15, -0.1) is 0 Å². The Kier molecular flexibility index (Phi) is 4.79. The van der Waals surface area contributed by atoms with Crippen molar-refractivity contribution in [2.75, 3.05) is 13.7 Å². The summed E-state index contributed by atoms with van der Waals surface area (Å²) in [6.07, 6.45) is 2.13. The minimum absolute atomic E-state index is 0.0545. The number of benzene rings is 1. The topological polar surface area (TPSA) is 80.0 Å². The van der Waals surface area contributed by atoms with Crippen LogP contribution >= 0.6 is 0 Å². The van der Waals surface area contributed by atoms with E-state index in [-0.39, 0.29) is 23.3 Å². The predicted octanol–water partition coefficient (Wildman–Crippen LogP) is 3.53. The number of furan rings is 1. The second-order valence-corrected chi connectivity index (χ2v) is 6.00. The summed E-state index contributed by atoms with van der Waals surface area (Å²) in [7, 11) is 1.61. The Bertz CT molecular complexity index is 795. The monoisotopic (exact) mass is 343 g/mol. The fourth-order valence-electron chi connectivity index (χ4n) is 3.39. The van der Waals surface area contributed by atoms with Gasteiger partial charge in [0.2, 0.25) is 0 Å². The van der Waals surface area contributed by atoms with Crippen LogP contribution < -0.4 is 4.74 Å². The summed E-state index contributed by atoms with van der Waals surface area (Å²) in [5, 5.41) is 9.25. The Morgan fingerprint density at radius 3 is 2.76 bits per heavy atom. The molecule has 132 valence electrons. The molecule has 1 aliphatic rings. The van der Waals surface area contributed by atoms with Crippen LogP contribution in [0.1, 0.15) is 58.0 Å². The van der Waals surface area contributed by atoms with Gasteiger partial charge in [-0.25, -0.2) is 4.79 Å². The lowest BCUT2D eigenvalue weighted by Crippen LogP contribution is -2.30. The Morgan fingerprint density at radius 1 is 1.36 bits per heavy atom. The minimum atomic E-state index is -1.08. The van der Waals surface area contributed by atoms with Crippen molar-refractivity contribution in [2.45, 2.75) is 32.2 Å². The van der Waals surface area contributed by atoms with Gasteiger partial charge in [0.05, 0.1) is 13.2 Å². The maximum Gasteiger partial charge on any atom is 0.339 e. The van der Waals surface area contributed by atoms with Crippen molar-refractivity contribution < 1.29 is 23.8 Å². The summed E-state index contributed by atoms with van der Waals surface area (Å²) in [6.45, 7) is 2.40. The van der Waals surface area contributed by atoms with Crippen LogP contribution in [0.4, 0.5) is 0 Å². The van der Waals surface area contributed by atoms with E-state index in [1.54, 1.807) is 18.9 Å². The average Bonchev–Trinajstić information content (AvgIpc) is 3.28. The summed E-state index contributed by atoms with van der Waals surface area (Å²) in [5.41, 5.74) is 1.01. The molecule has 1 amide bonds. The Balaban J connectivity index is 1.92. The molecule has 0 saturated carbocycles. The van der Waals surface area contributed by atoms with E-state index < -0.39 is 5.97 Å². The van der Waals surface area contributed by atoms with Crippen LogP contribution in [0.25, 0.3) is 0 Å². The first kappa shape index (κ1) is 17.1. The molecule has 25 heavy (non-hydrogen) atoms. The average molecular weight is 343 g/mol. The summed E-state index contributed by atoms with van der Waals surface area (Å²) < 4.78 is 11.0. The normalized spacial score (nSPS) is 16.9. The molecule has 1 aromatic heterocycles. The largest absolute Gasteiger partial charge is 0.496 e.